The van der Waals surface area contributed by atoms with Gasteiger partial charge in [0, 0.05) is 57.7 Å². The monoisotopic (exact) mass is 530 g/mol. The molecule has 3 heterocycles. The highest BCUT2D eigenvalue weighted by atomic mass is 127. The maximum Gasteiger partial charge on any atom is 0.191 e. The van der Waals surface area contributed by atoms with Crippen molar-refractivity contribution < 1.29 is 0 Å². The number of hydrogen-bond acceptors (Lipinski definition) is 4. The molecular formula is C21H35IN6S. The van der Waals surface area contributed by atoms with Gasteiger partial charge in [0.25, 0.3) is 0 Å². The molecule has 162 valence electrons. The van der Waals surface area contributed by atoms with Crippen molar-refractivity contribution in [1.29, 1.82) is 0 Å². The van der Waals surface area contributed by atoms with Gasteiger partial charge in [-0.3, -0.25) is 9.89 Å². The number of aliphatic imine (C=N–C) groups is 1. The van der Waals surface area contributed by atoms with Gasteiger partial charge in [0.2, 0.25) is 0 Å². The van der Waals surface area contributed by atoms with E-state index in [0.29, 0.717) is 6.04 Å². The first kappa shape index (κ1) is 24.1. The zero-order valence-corrected chi connectivity index (χ0v) is 20.8. The van der Waals surface area contributed by atoms with Gasteiger partial charge in [0.15, 0.2) is 5.96 Å². The summed E-state index contributed by atoms with van der Waals surface area (Å²) in [6, 6.07) is 2.75. The van der Waals surface area contributed by atoms with Crippen LogP contribution in [0.2, 0.25) is 0 Å². The Morgan fingerprint density at radius 1 is 1.31 bits per heavy atom. The normalized spacial score (nSPS) is 15.9. The van der Waals surface area contributed by atoms with Crippen molar-refractivity contribution in [3.05, 3.63) is 40.6 Å². The van der Waals surface area contributed by atoms with Gasteiger partial charge in [-0.05, 0) is 61.9 Å². The number of aromatic nitrogens is 2. The number of unbranched alkanes of at least 4 members (excludes halogenated alkanes) is 1. The van der Waals surface area contributed by atoms with Gasteiger partial charge in [-0.1, -0.05) is 0 Å². The lowest BCUT2D eigenvalue weighted by atomic mass is 10.0. The SMILES string of the molecule is CCNC(=NCCCCn1ccnc1C)NC1CCN(Cc2ccsc2)CC1.I. The topological polar surface area (TPSA) is 57.5 Å². The lowest BCUT2D eigenvalue weighted by Gasteiger charge is -2.33. The van der Waals surface area contributed by atoms with Gasteiger partial charge in [0.1, 0.15) is 5.82 Å². The summed E-state index contributed by atoms with van der Waals surface area (Å²) in [6.45, 7) is 10.3. The van der Waals surface area contributed by atoms with Crippen molar-refractivity contribution in [2.45, 2.75) is 58.7 Å². The molecule has 29 heavy (non-hydrogen) atoms. The van der Waals surface area contributed by atoms with Crippen LogP contribution < -0.4 is 10.6 Å². The van der Waals surface area contributed by atoms with E-state index in [9.17, 15) is 0 Å². The molecule has 3 rings (SSSR count). The van der Waals surface area contributed by atoms with Crippen LogP contribution in [-0.2, 0) is 13.1 Å². The molecule has 0 aromatic carbocycles. The summed E-state index contributed by atoms with van der Waals surface area (Å²) in [5, 5.41) is 11.5. The number of nitrogens with zero attached hydrogens (tertiary/aromatic N) is 4. The number of imidazole rings is 1. The number of aryl methyl sites for hydroxylation is 2. The summed E-state index contributed by atoms with van der Waals surface area (Å²) in [5.41, 5.74) is 1.44. The Labute approximate surface area is 196 Å². The van der Waals surface area contributed by atoms with Crippen LogP contribution in [0.4, 0.5) is 0 Å². The molecule has 2 aromatic heterocycles. The van der Waals surface area contributed by atoms with Crippen LogP contribution in [0, 0.1) is 6.92 Å². The van der Waals surface area contributed by atoms with Crippen molar-refractivity contribution >= 4 is 41.3 Å². The van der Waals surface area contributed by atoms with Crippen LogP contribution in [0.1, 0.15) is 44.0 Å². The molecule has 0 atom stereocenters. The Morgan fingerprint density at radius 3 is 2.79 bits per heavy atom. The Hall–Kier alpha value is -1.13. The predicted octanol–water partition coefficient (Wildman–Crippen LogP) is 3.87. The van der Waals surface area contributed by atoms with Crippen molar-refractivity contribution in [2.75, 3.05) is 26.2 Å². The Morgan fingerprint density at radius 2 is 2.14 bits per heavy atom. The zero-order valence-electron chi connectivity index (χ0n) is 17.6. The quantitative estimate of drug-likeness (QED) is 0.224. The van der Waals surface area contributed by atoms with Crippen LogP contribution >= 0.6 is 35.3 Å². The number of halogens is 1. The van der Waals surface area contributed by atoms with Crippen LogP contribution in [0.25, 0.3) is 0 Å². The Balaban J connectivity index is 0.00000300. The molecule has 0 amide bonds. The van der Waals surface area contributed by atoms with Crippen LogP contribution in [0.15, 0.2) is 34.2 Å². The maximum atomic E-state index is 4.79. The van der Waals surface area contributed by atoms with E-state index in [1.165, 1.54) is 18.4 Å². The predicted molar refractivity (Wildman–Crippen MR) is 133 cm³/mol. The van der Waals surface area contributed by atoms with Crippen molar-refractivity contribution in [3.8, 4) is 0 Å². The van der Waals surface area contributed by atoms with E-state index in [1.54, 1.807) is 11.3 Å². The third-order valence-electron chi connectivity index (χ3n) is 5.26. The number of hydrogen-bond donors (Lipinski definition) is 2. The molecule has 2 N–H and O–H groups in total. The second-order valence-corrected chi connectivity index (χ2v) is 8.24. The highest BCUT2D eigenvalue weighted by Gasteiger charge is 2.20. The van der Waals surface area contributed by atoms with Gasteiger partial charge in [-0.2, -0.15) is 11.3 Å². The van der Waals surface area contributed by atoms with E-state index >= 15 is 0 Å². The minimum absolute atomic E-state index is 0. The summed E-state index contributed by atoms with van der Waals surface area (Å²) in [6.07, 6.45) is 8.48. The average Bonchev–Trinajstić information content (AvgIpc) is 3.35. The maximum absolute atomic E-state index is 4.79. The first-order chi connectivity index (χ1) is 13.7. The highest BCUT2D eigenvalue weighted by molar-refractivity contribution is 14.0. The fourth-order valence-corrected chi connectivity index (χ4v) is 4.27. The van der Waals surface area contributed by atoms with Crippen molar-refractivity contribution in [3.63, 3.8) is 0 Å². The third kappa shape index (κ3) is 8.25. The van der Waals surface area contributed by atoms with Gasteiger partial charge >= 0.3 is 0 Å². The minimum Gasteiger partial charge on any atom is -0.357 e. The first-order valence-electron chi connectivity index (χ1n) is 10.5. The van der Waals surface area contributed by atoms with Gasteiger partial charge in [0.05, 0.1) is 0 Å². The summed E-state index contributed by atoms with van der Waals surface area (Å²) in [5.74, 6) is 2.06. The van der Waals surface area contributed by atoms with Crippen LogP contribution in [0.3, 0.4) is 0 Å². The molecule has 0 bridgehead atoms. The fraction of sp³-hybridized carbons (Fsp3) is 0.619. The molecule has 1 fully saturated rings. The van der Waals surface area contributed by atoms with Gasteiger partial charge in [-0.15, -0.1) is 24.0 Å². The van der Waals surface area contributed by atoms with E-state index in [0.717, 1.165) is 63.9 Å². The van der Waals surface area contributed by atoms with E-state index in [4.69, 9.17) is 4.99 Å². The molecule has 0 unspecified atom stereocenters. The second-order valence-electron chi connectivity index (χ2n) is 7.46. The molecule has 2 aromatic rings. The number of guanidine groups is 1. The summed E-state index contributed by atoms with van der Waals surface area (Å²) >= 11 is 1.79. The third-order valence-corrected chi connectivity index (χ3v) is 5.99. The van der Waals surface area contributed by atoms with Crippen molar-refractivity contribution in [2.24, 2.45) is 4.99 Å². The Kier molecular flexibility index (Phi) is 11.0. The number of likely N-dealkylation sites (tertiary alicyclic amines) is 1. The van der Waals surface area contributed by atoms with E-state index < -0.39 is 0 Å². The van der Waals surface area contributed by atoms with Gasteiger partial charge in [-0.25, -0.2) is 4.98 Å². The lowest BCUT2D eigenvalue weighted by molar-refractivity contribution is 0.198. The van der Waals surface area contributed by atoms with E-state index in [-0.39, 0.29) is 24.0 Å². The van der Waals surface area contributed by atoms with Crippen molar-refractivity contribution in [1.82, 2.24) is 25.1 Å². The minimum atomic E-state index is 0. The molecule has 1 aliphatic rings. The standard InChI is InChI=1S/C21H34N6S.HI/c1-3-22-21(24-9-4-5-11-27-14-10-23-18(27)2)25-20-6-12-26(13-7-20)16-19-8-15-28-17-19;/h8,10,14-15,17,20H,3-7,9,11-13,16H2,1-2H3,(H2,22,24,25);1H. The number of nitrogens with one attached hydrogen (secondary N) is 2. The average molecular weight is 531 g/mol. The fourth-order valence-electron chi connectivity index (χ4n) is 3.61. The number of rotatable bonds is 9. The summed E-state index contributed by atoms with van der Waals surface area (Å²) in [7, 11) is 0. The molecule has 0 saturated carbocycles. The molecule has 0 spiro atoms. The summed E-state index contributed by atoms with van der Waals surface area (Å²) < 4.78 is 2.21. The van der Waals surface area contributed by atoms with E-state index in [2.05, 4.69) is 62.0 Å². The number of piperidine rings is 1. The molecule has 6 nitrogen and oxygen atoms in total. The molecule has 0 aliphatic carbocycles. The smallest absolute Gasteiger partial charge is 0.191 e. The summed E-state index contributed by atoms with van der Waals surface area (Å²) in [4.78, 5) is 11.6. The zero-order chi connectivity index (χ0) is 19.6. The van der Waals surface area contributed by atoms with Crippen LogP contribution in [0.5, 0.6) is 0 Å². The lowest BCUT2D eigenvalue weighted by Crippen LogP contribution is -2.48. The largest absolute Gasteiger partial charge is 0.357 e. The molecule has 8 heteroatoms. The molecule has 1 aliphatic heterocycles. The van der Waals surface area contributed by atoms with Gasteiger partial charge < -0.3 is 15.2 Å². The highest BCUT2D eigenvalue weighted by Crippen LogP contribution is 2.15. The molecular weight excluding hydrogens is 495 g/mol. The second kappa shape index (κ2) is 13.2. The number of thiophene rings is 1. The Bertz CT molecular complexity index is 707. The molecule has 1 saturated heterocycles. The van der Waals surface area contributed by atoms with Crippen LogP contribution in [-0.4, -0.2) is 52.6 Å². The van der Waals surface area contributed by atoms with E-state index in [1.807, 2.05) is 6.20 Å². The molecule has 0 radical (unpaired) electrons. The first-order valence-corrected chi connectivity index (χ1v) is 11.4.